The molecule has 13 heteroatoms. The van der Waals surface area contributed by atoms with Gasteiger partial charge in [0, 0.05) is 31.7 Å². The van der Waals surface area contributed by atoms with Gasteiger partial charge in [0.25, 0.3) is 5.88 Å². The molecule has 7 rings (SSSR count). The summed E-state index contributed by atoms with van der Waals surface area (Å²) in [5, 5.41) is 0. The highest BCUT2D eigenvalue weighted by Crippen LogP contribution is 2.44. The molecule has 4 saturated heterocycles. The van der Waals surface area contributed by atoms with E-state index < -0.39 is 12.5 Å². The summed E-state index contributed by atoms with van der Waals surface area (Å²) >= 11 is 0. The lowest BCUT2D eigenvalue weighted by molar-refractivity contribution is -0.0524. The Balaban J connectivity index is 1.34. The van der Waals surface area contributed by atoms with Gasteiger partial charge in [0.15, 0.2) is 5.82 Å². The van der Waals surface area contributed by atoms with E-state index in [9.17, 15) is 13.6 Å². The largest absolute Gasteiger partial charge is 0.450 e. The van der Waals surface area contributed by atoms with Gasteiger partial charge in [-0.1, -0.05) is 0 Å². The number of carbonyl (C=O) groups excluding carboxylic acids is 1. The second-order valence-corrected chi connectivity index (χ2v) is 9.43. The van der Waals surface area contributed by atoms with Crippen LogP contribution in [0.1, 0.15) is 26.2 Å². The van der Waals surface area contributed by atoms with E-state index in [1.54, 1.807) is 11.8 Å². The van der Waals surface area contributed by atoms with Crippen LogP contribution >= 0.6 is 0 Å². The predicted molar refractivity (Wildman–Crippen MR) is 121 cm³/mol. The number of rotatable bonds is 6. The summed E-state index contributed by atoms with van der Waals surface area (Å²) in [7, 11) is 0. The fraction of sp³-hybridized carbons (Fsp3) is 0.591. The number of ether oxygens (including phenoxy) is 2. The number of anilines is 3. The summed E-state index contributed by atoms with van der Waals surface area (Å²) in [5.74, 6) is 1.31. The number of hydrogen-bond donors (Lipinski definition) is 1. The van der Waals surface area contributed by atoms with Gasteiger partial charge in [0.05, 0.1) is 30.6 Å². The SMILES string of the molecule is CCOC(=O)N1C[C@@H]2C[C@H]1CN2c1nc(-c2cnc(N)c(OC(F)F)n2)cc(N2CC3CC2C3)n1. The van der Waals surface area contributed by atoms with Crippen molar-refractivity contribution in [1.82, 2.24) is 24.8 Å². The van der Waals surface area contributed by atoms with E-state index >= 15 is 0 Å². The molecule has 0 aromatic carbocycles. The molecule has 5 fully saturated rings. The zero-order chi connectivity index (χ0) is 24.3. The van der Waals surface area contributed by atoms with Crippen LogP contribution in [0.15, 0.2) is 12.3 Å². The first-order valence-corrected chi connectivity index (χ1v) is 11.8. The summed E-state index contributed by atoms with van der Waals surface area (Å²) in [4.78, 5) is 36.2. The van der Waals surface area contributed by atoms with Gasteiger partial charge < -0.3 is 29.9 Å². The second kappa shape index (κ2) is 8.31. The Bertz CT molecular complexity index is 1150. The number of nitrogens with zero attached hydrogens (tertiary/aromatic N) is 7. The monoisotopic (exact) mass is 488 g/mol. The van der Waals surface area contributed by atoms with E-state index in [1.807, 2.05) is 6.07 Å². The quantitative estimate of drug-likeness (QED) is 0.647. The number of nitrogens with two attached hydrogens (primary N) is 1. The van der Waals surface area contributed by atoms with Crippen molar-refractivity contribution in [1.29, 1.82) is 0 Å². The van der Waals surface area contributed by atoms with Crippen molar-refractivity contribution in [3.8, 4) is 17.3 Å². The van der Waals surface area contributed by atoms with Crippen molar-refractivity contribution in [3.63, 3.8) is 0 Å². The number of nitrogen functional groups attached to an aromatic ring is 1. The van der Waals surface area contributed by atoms with Crippen LogP contribution < -0.4 is 20.3 Å². The highest BCUT2D eigenvalue weighted by atomic mass is 19.3. The van der Waals surface area contributed by atoms with Crippen LogP contribution in [0, 0.1) is 5.92 Å². The van der Waals surface area contributed by atoms with E-state index in [-0.39, 0.29) is 29.7 Å². The van der Waals surface area contributed by atoms with E-state index in [2.05, 4.69) is 24.5 Å². The van der Waals surface area contributed by atoms with E-state index in [4.69, 9.17) is 20.4 Å². The fourth-order valence-corrected chi connectivity index (χ4v) is 5.66. The maximum atomic E-state index is 12.8. The number of piperazine rings is 1. The zero-order valence-corrected chi connectivity index (χ0v) is 19.2. The van der Waals surface area contributed by atoms with Crippen molar-refractivity contribution >= 4 is 23.7 Å². The minimum atomic E-state index is -3.07. The summed E-state index contributed by atoms with van der Waals surface area (Å²) in [5.41, 5.74) is 6.39. The molecular weight excluding hydrogens is 462 g/mol. The third-order valence-electron chi connectivity index (χ3n) is 7.33. The Morgan fingerprint density at radius 2 is 1.91 bits per heavy atom. The lowest BCUT2D eigenvalue weighted by Crippen LogP contribution is -2.49. The van der Waals surface area contributed by atoms with Gasteiger partial charge in [-0.25, -0.2) is 19.7 Å². The molecule has 1 saturated carbocycles. The van der Waals surface area contributed by atoms with Crippen molar-refractivity contribution < 1.29 is 23.0 Å². The molecule has 6 heterocycles. The van der Waals surface area contributed by atoms with Crippen LogP contribution in [0.4, 0.5) is 31.2 Å². The van der Waals surface area contributed by atoms with Crippen LogP contribution in [-0.2, 0) is 4.74 Å². The number of amides is 1. The maximum Gasteiger partial charge on any atom is 0.410 e. The van der Waals surface area contributed by atoms with Gasteiger partial charge in [-0.2, -0.15) is 13.8 Å². The van der Waals surface area contributed by atoms with Crippen LogP contribution in [-0.4, -0.2) is 81.9 Å². The summed E-state index contributed by atoms with van der Waals surface area (Å²) in [6, 6.07) is 2.35. The normalized spacial score (nSPS) is 26.5. The fourth-order valence-electron chi connectivity index (χ4n) is 5.66. The predicted octanol–water partition coefficient (Wildman–Crippen LogP) is 2.14. The Kier molecular flexibility index (Phi) is 5.22. The van der Waals surface area contributed by atoms with Gasteiger partial charge in [-0.3, -0.25) is 0 Å². The number of fused-ring (bicyclic) bond motifs is 3. The second-order valence-electron chi connectivity index (χ2n) is 9.43. The lowest BCUT2D eigenvalue weighted by atomic mass is 9.86. The Morgan fingerprint density at radius 1 is 1.09 bits per heavy atom. The summed E-state index contributed by atoms with van der Waals surface area (Å²) in [6.07, 6.45) is 4.20. The number of likely N-dealkylation sites (tertiary alicyclic amines) is 1. The molecule has 2 N–H and O–H groups in total. The third-order valence-corrected chi connectivity index (χ3v) is 7.33. The van der Waals surface area contributed by atoms with E-state index in [1.165, 1.54) is 6.20 Å². The molecule has 0 radical (unpaired) electrons. The first-order chi connectivity index (χ1) is 16.9. The van der Waals surface area contributed by atoms with Crippen molar-refractivity contribution in [2.45, 2.75) is 50.9 Å². The van der Waals surface area contributed by atoms with Crippen molar-refractivity contribution in [3.05, 3.63) is 12.3 Å². The molecular formula is C22H26F2N8O3. The summed E-state index contributed by atoms with van der Waals surface area (Å²) in [6.45, 7) is 1.11. The lowest BCUT2D eigenvalue weighted by Gasteiger charge is -2.34. The zero-order valence-electron chi connectivity index (χ0n) is 19.2. The standard InChI is InChI=1S/C22H26F2N8O3/c1-2-34-22(33)32-10-13-5-14(32)9-31(13)21-28-15(6-17(29-21)30-8-11-3-12(30)4-11)16-7-26-18(25)19(27-16)35-20(23)24/h6-7,11-14,20H,2-5,8-10H2,1H3,(H2,25,26)/t11?,12?,13-,14-/m0/s1. The number of halogens is 2. The van der Waals surface area contributed by atoms with Crippen LogP contribution in [0.3, 0.4) is 0 Å². The molecule has 2 aromatic heterocycles. The molecule has 1 aliphatic carbocycles. The molecule has 186 valence electrons. The van der Waals surface area contributed by atoms with Gasteiger partial charge >= 0.3 is 12.7 Å². The Hall–Kier alpha value is -3.51. The Labute approximate surface area is 200 Å². The van der Waals surface area contributed by atoms with Crippen molar-refractivity contribution in [2.75, 3.05) is 41.8 Å². The number of hydrogen-bond acceptors (Lipinski definition) is 10. The van der Waals surface area contributed by atoms with Gasteiger partial charge in [-0.15, -0.1) is 0 Å². The van der Waals surface area contributed by atoms with Gasteiger partial charge in [-0.05, 0) is 32.1 Å². The minimum Gasteiger partial charge on any atom is -0.450 e. The van der Waals surface area contributed by atoms with Gasteiger partial charge in [0.1, 0.15) is 11.5 Å². The molecule has 0 spiro atoms. The highest BCUT2D eigenvalue weighted by molar-refractivity contribution is 5.70. The molecule has 2 aromatic rings. The topological polar surface area (TPSA) is 123 Å². The van der Waals surface area contributed by atoms with E-state index in [0.717, 1.165) is 31.6 Å². The first-order valence-electron chi connectivity index (χ1n) is 11.8. The molecule has 2 atom stereocenters. The van der Waals surface area contributed by atoms with Crippen molar-refractivity contribution in [2.24, 2.45) is 5.92 Å². The van der Waals surface area contributed by atoms with Gasteiger partial charge in [0.2, 0.25) is 5.95 Å². The minimum absolute atomic E-state index is 0.0247. The average Bonchev–Trinajstić information content (AvgIpc) is 3.59. The average molecular weight is 488 g/mol. The van der Waals surface area contributed by atoms with Crippen LogP contribution in [0.25, 0.3) is 11.4 Å². The van der Waals surface area contributed by atoms with Crippen LogP contribution in [0.2, 0.25) is 0 Å². The molecule has 35 heavy (non-hydrogen) atoms. The highest BCUT2D eigenvalue weighted by Gasteiger charge is 2.48. The molecule has 1 amide bonds. The van der Waals surface area contributed by atoms with E-state index in [0.29, 0.717) is 43.3 Å². The summed E-state index contributed by atoms with van der Waals surface area (Å²) < 4.78 is 35.3. The number of alkyl halides is 2. The number of aromatic nitrogens is 4. The first kappa shape index (κ1) is 22.0. The smallest absolute Gasteiger partial charge is 0.410 e. The van der Waals surface area contributed by atoms with Crippen LogP contribution in [0.5, 0.6) is 5.88 Å². The molecule has 11 nitrogen and oxygen atoms in total. The molecule has 4 aliphatic heterocycles. The Morgan fingerprint density at radius 3 is 2.57 bits per heavy atom. The number of carbonyl (C=O) groups is 1. The maximum absolute atomic E-state index is 12.8. The molecule has 0 unspecified atom stereocenters. The third kappa shape index (κ3) is 3.82. The molecule has 5 aliphatic rings. The molecule has 4 bridgehead atoms.